The number of carbonyl (C=O) groups excluding carboxylic acids is 2. The minimum absolute atomic E-state index is 0.733. The molecule has 0 spiro atoms. The van der Waals surface area contributed by atoms with E-state index in [1.165, 1.54) is 0 Å². The predicted molar refractivity (Wildman–Crippen MR) is 106 cm³/mol. The summed E-state index contributed by atoms with van der Waals surface area (Å²) >= 11 is 0. The van der Waals surface area contributed by atoms with Gasteiger partial charge in [-0.25, -0.2) is 0 Å². The topological polar surface area (TPSA) is 282 Å². The van der Waals surface area contributed by atoms with Crippen LogP contribution < -0.4 is 16.4 Å². The lowest BCUT2D eigenvalue weighted by Gasteiger charge is -2.55. The fourth-order valence-corrected chi connectivity index (χ4v) is 4.15. The average Bonchev–Trinajstić information content (AvgIpc) is 2.75. The van der Waals surface area contributed by atoms with Gasteiger partial charge in [-0.2, -0.15) is 0 Å². The standard InChI is InChI=1S/C18H31N3O13/c1-5(24)20-11-14(29)18(32,8(4-23)34-17(11)31)15-13(28)10(12(27)7(3-22)33-15)21-16(30)6(19)2-9(25)26/h6-8,10-15,17,22-23,27-29,31-32H,2-4,19H2,1H3,(H,20,24)(H,21,30)(H,25,26)/t6-,7+,8+,10+,11-,12-,13+,14+,15+,17-,18+/m0/s1. The maximum absolute atomic E-state index is 12.3. The van der Waals surface area contributed by atoms with E-state index >= 15 is 0 Å². The molecule has 2 aliphatic heterocycles. The van der Waals surface area contributed by atoms with Crippen molar-refractivity contribution in [2.75, 3.05) is 13.2 Å². The van der Waals surface area contributed by atoms with Gasteiger partial charge in [-0.05, 0) is 0 Å². The Morgan fingerprint density at radius 1 is 1.00 bits per heavy atom. The van der Waals surface area contributed by atoms with Crippen molar-refractivity contribution in [1.29, 1.82) is 0 Å². The van der Waals surface area contributed by atoms with Crippen molar-refractivity contribution in [1.82, 2.24) is 10.6 Å². The second-order valence-corrected chi connectivity index (χ2v) is 8.25. The first-order valence-corrected chi connectivity index (χ1v) is 10.3. The van der Waals surface area contributed by atoms with Crippen LogP contribution in [0.2, 0.25) is 0 Å². The summed E-state index contributed by atoms with van der Waals surface area (Å²) in [6.07, 6.45) is -14.0. The third kappa shape index (κ3) is 5.46. The number of hydrogen-bond acceptors (Lipinski definition) is 13. The number of amides is 2. The Hall–Kier alpha value is -1.99. The zero-order chi connectivity index (χ0) is 26.0. The molecule has 16 heteroatoms. The van der Waals surface area contributed by atoms with Crippen LogP contribution in [0.15, 0.2) is 0 Å². The Bertz CT molecular complexity index is 757. The molecule has 11 atom stereocenters. The molecule has 0 aromatic carbocycles. The van der Waals surface area contributed by atoms with Crippen LogP contribution in [-0.2, 0) is 23.9 Å². The number of carboxylic acids is 1. The van der Waals surface area contributed by atoms with Crippen molar-refractivity contribution in [3.05, 3.63) is 0 Å². The molecule has 34 heavy (non-hydrogen) atoms. The van der Waals surface area contributed by atoms with Crippen LogP contribution in [0.5, 0.6) is 0 Å². The Balaban J connectivity index is 2.42. The van der Waals surface area contributed by atoms with Gasteiger partial charge in [-0.1, -0.05) is 0 Å². The molecule has 2 amide bonds. The maximum atomic E-state index is 12.3. The number of nitrogens with two attached hydrogens (primary N) is 1. The molecule has 0 unspecified atom stereocenters. The van der Waals surface area contributed by atoms with Crippen LogP contribution in [0.4, 0.5) is 0 Å². The zero-order valence-corrected chi connectivity index (χ0v) is 18.1. The lowest BCUT2D eigenvalue weighted by Crippen LogP contribution is -2.79. The number of aliphatic hydroxyl groups is 7. The highest BCUT2D eigenvalue weighted by Crippen LogP contribution is 2.38. The zero-order valence-electron chi connectivity index (χ0n) is 18.1. The summed E-state index contributed by atoms with van der Waals surface area (Å²) in [4.78, 5) is 34.6. The molecule has 2 fully saturated rings. The lowest BCUT2D eigenvalue weighted by atomic mass is 9.73. The molecule has 196 valence electrons. The van der Waals surface area contributed by atoms with E-state index in [9.17, 15) is 50.1 Å². The van der Waals surface area contributed by atoms with Crippen LogP contribution in [0.25, 0.3) is 0 Å². The van der Waals surface area contributed by atoms with Gasteiger partial charge in [0, 0.05) is 6.92 Å². The minimum atomic E-state index is -2.76. The molecule has 0 aliphatic carbocycles. The molecule has 2 saturated heterocycles. The van der Waals surface area contributed by atoms with Crippen LogP contribution in [0, 0.1) is 0 Å². The Morgan fingerprint density at radius 2 is 1.62 bits per heavy atom. The third-order valence-electron chi connectivity index (χ3n) is 5.90. The first kappa shape index (κ1) is 28.2. The molecular formula is C18H31N3O13. The molecular weight excluding hydrogens is 466 g/mol. The number of aliphatic hydroxyl groups excluding tert-OH is 6. The quantitative estimate of drug-likeness (QED) is 0.149. The van der Waals surface area contributed by atoms with Gasteiger partial charge in [0.2, 0.25) is 11.8 Å². The first-order chi connectivity index (χ1) is 15.8. The van der Waals surface area contributed by atoms with E-state index in [0.29, 0.717) is 0 Å². The Labute approximate surface area is 192 Å². The highest BCUT2D eigenvalue weighted by molar-refractivity contribution is 5.86. The summed E-state index contributed by atoms with van der Waals surface area (Å²) in [6.45, 7) is -0.865. The molecule has 0 radical (unpaired) electrons. The van der Waals surface area contributed by atoms with Crippen molar-refractivity contribution >= 4 is 17.8 Å². The van der Waals surface area contributed by atoms with Gasteiger partial charge in [-0.3, -0.25) is 14.4 Å². The number of nitrogens with one attached hydrogen (secondary N) is 2. The van der Waals surface area contributed by atoms with Gasteiger partial charge in [0.25, 0.3) is 0 Å². The summed E-state index contributed by atoms with van der Waals surface area (Å²) in [5, 5.41) is 86.2. The maximum Gasteiger partial charge on any atom is 0.305 e. The largest absolute Gasteiger partial charge is 0.481 e. The molecule has 16 nitrogen and oxygen atoms in total. The van der Waals surface area contributed by atoms with Crippen LogP contribution in [-0.4, -0.2) is 138 Å². The van der Waals surface area contributed by atoms with E-state index in [4.69, 9.17) is 20.3 Å². The van der Waals surface area contributed by atoms with Gasteiger partial charge in [0.1, 0.15) is 48.3 Å². The van der Waals surface area contributed by atoms with E-state index in [-0.39, 0.29) is 0 Å². The van der Waals surface area contributed by atoms with Gasteiger partial charge in [-0.15, -0.1) is 0 Å². The summed E-state index contributed by atoms with van der Waals surface area (Å²) in [6, 6.07) is -4.94. The summed E-state index contributed by atoms with van der Waals surface area (Å²) in [7, 11) is 0. The molecule has 2 heterocycles. The van der Waals surface area contributed by atoms with Crippen LogP contribution in [0.3, 0.4) is 0 Å². The SMILES string of the molecule is CC(=O)N[C@H]1[C@@H](O)[C@@](O)([C@@H]2O[C@H](CO)[C@H](O)[C@@H](NC(=O)[C@@H](N)CC(=O)O)[C@H]2O)[C@@H](CO)O[C@@H]1O. The molecule has 2 aliphatic rings. The van der Waals surface area contributed by atoms with Gasteiger partial charge in [0.15, 0.2) is 6.29 Å². The van der Waals surface area contributed by atoms with E-state index in [2.05, 4.69) is 10.6 Å². The molecule has 0 aromatic heterocycles. The highest BCUT2D eigenvalue weighted by Gasteiger charge is 2.64. The van der Waals surface area contributed by atoms with E-state index in [0.717, 1.165) is 6.92 Å². The Kier molecular flexibility index (Phi) is 9.28. The fraction of sp³-hybridized carbons (Fsp3) is 0.833. The molecule has 0 aromatic rings. The Morgan fingerprint density at radius 3 is 2.12 bits per heavy atom. The third-order valence-corrected chi connectivity index (χ3v) is 5.90. The van der Waals surface area contributed by atoms with Crippen LogP contribution in [0.1, 0.15) is 13.3 Å². The van der Waals surface area contributed by atoms with E-state index in [1.807, 2.05) is 0 Å². The van der Waals surface area contributed by atoms with Crippen molar-refractivity contribution in [3.8, 4) is 0 Å². The van der Waals surface area contributed by atoms with Crippen molar-refractivity contribution < 1.29 is 64.7 Å². The molecule has 0 saturated carbocycles. The summed E-state index contributed by atoms with van der Waals surface area (Å²) < 4.78 is 10.5. The lowest BCUT2D eigenvalue weighted by molar-refractivity contribution is -0.344. The van der Waals surface area contributed by atoms with Crippen molar-refractivity contribution in [2.45, 2.75) is 80.0 Å². The number of ether oxygens (including phenoxy) is 2. The fourth-order valence-electron chi connectivity index (χ4n) is 4.15. The molecule has 2 rings (SSSR count). The first-order valence-electron chi connectivity index (χ1n) is 10.3. The summed E-state index contributed by atoms with van der Waals surface area (Å²) in [5.41, 5.74) is 2.73. The van der Waals surface area contributed by atoms with Crippen LogP contribution >= 0.6 is 0 Å². The van der Waals surface area contributed by atoms with Gasteiger partial charge >= 0.3 is 5.97 Å². The number of carbonyl (C=O) groups is 3. The van der Waals surface area contributed by atoms with Crippen molar-refractivity contribution in [3.63, 3.8) is 0 Å². The number of aliphatic carboxylic acids is 1. The second-order valence-electron chi connectivity index (χ2n) is 8.25. The molecule has 0 bridgehead atoms. The molecule has 12 N–H and O–H groups in total. The minimum Gasteiger partial charge on any atom is -0.481 e. The number of rotatable bonds is 8. The predicted octanol–water partition coefficient (Wildman–Crippen LogP) is -6.94. The van der Waals surface area contributed by atoms with Gasteiger partial charge in [0.05, 0.1) is 31.7 Å². The summed E-state index contributed by atoms with van der Waals surface area (Å²) in [5.74, 6) is -3.23. The smallest absolute Gasteiger partial charge is 0.305 e. The second kappa shape index (κ2) is 11.2. The van der Waals surface area contributed by atoms with E-state index in [1.54, 1.807) is 0 Å². The van der Waals surface area contributed by atoms with Crippen molar-refractivity contribution in [2.24, 2.45) is 5.73 Å². The number of carboxylic acid groups (broad SMARTS) is 1. The monoisotopic (exact) mass is 497 g/mol. The average molecular weight is 497 g/mol. The van der Waals surface area contributed by atoms with E-state index < -0.39 is 104 Å². The normalized spacial score (nSPS) is 41.4. The van der Waals surface area contributed by atoms with Gasteiger partial charge < -0.3 is 66.7 Å². The number of hydrogen-bond donors (Lipinski definition) is 11. The highest BCUT2D eigenvalue weighted by atomic mass is 16.6.